The van der Waals surface area contributed by atoms with E-state index in [1.165, 1.54) is 58.7 Å². The molecule has 0 aliphatic heterocycles. The van der Waals surface area contributed by atoms with E-state index in [9.17, 15) is 0 Å². The Morgan fingerprint density at radius 1 is 0.694 bits per heavy atom. The molecule has 1 heterocycles. The third-order valence-electron chi connectivity index (χ3n) is 11.4. The zero-order chi connectivity index (χ0) is 23.4. The highest BCUT2D eigenvalue weighted by molar-refractivity contribution is 9.10. The van der Waals surface area contributed by atoms with Crippen molar-refractivity contribution in [2.45, 2.75) is 31.1 Å². The van der Waals surface area contributed by atoms with Crippen molar-refractivity contribution in [2.24, 2.45) is 29.1 Å². The molecule has 2 spiro atoms. The smallest absolute Gasteiger partial charge is 0.136 e. The number of benzene rings is 4. The maximum Gasteiger partial charge on any atom is 0.136 e. The zero-order valence-electron chi connectivity index (χ0n) is 19.9. The average Bonchev–Trinajstić information content (AvgIpc) is 3.60. The Labute approximate surface area is 218 Å². The number of fused-ring (bicyclic) bond motifs is 11. The monoisotopic (exact) mass is 528 g/mol. The zero-order valence-corrected chi connectivity index (χ0v) is 21.5. The van der Waals surface area contributed by atoms with E-state index in [0.29, 0.717) is 5.41 Å². The molecule has 10 rings (SSSR count). The van der Waals surface area contributed by atoms with Crippen LogP contribution in [0.3, 0.4) is 0 Å². The molecule has 2 heteroatoms. The molecule has 174 valence electrons. The fourth-order valence-electron chi connectivity index (χ4n) is 10.4. The van der Waals surface area contributed by atoms with Crippen LogP contribution >= 0.6 is 15.9 Å². The van der Waals surface area contributed by atoms with Crippen LogP contribution in [0.1, 0.15) is 36.8 Å². The maximum absolute atomic E-state index is 6.27. The van der Waals surface area contributed by atoms with E-state index >= 15 is 0 Å². The number of halogens is 1. The summed E-state index contributed by atoms with van der Waals surface area (Å²) in [6.45, 7) is 0. The highest BCUT2D eigenvalue weighted by Crippen LogP contribution is 2.89. The highest BCUT2D eigenvalue weighted by Gasteiger charge is 2.84. The summed E-state index contributed by atoms with van der Waals surface area (Å²) in [5, 5.41) is 2.36. The van der Waals surface area contributed by atoms with Crippen LogP contribution < -0.4 is 0 Å². The van der Waals surface area contributed by atoms with Crippen molar-refractivity contribution >= 4 is 37.9 Å². The molecule has 1 nitrogen and oxygen atoms in total. The second kappa shape index (κ2) is 6.00. The Hall–Kier alpha value is -2.84. The molecule has 36 heavy (non-hydrogen) atoms. The second-order valence-electron chi connectivity index (χ2n) is 12.3. The molecule has 1 aromatic heterocycles. The van der Waals surface area contributed by atoms with E-state index in [2.05, 4.69) is 94.8 Å². The third-order valence-corrected chi connectivity index (χ3v) is 11.9. The minimum atomic E-state index is 0.284. The van der Waals surface area contributed by atoms with Crippen LogP contribution in [0, 0.1) is 29.1 Å². The van der Waals surface area contributed by atoms with Gasteiger partial charge in [-0.15, -0.1) is 0 Å². The van der Waals surface area contributed by atoms with Gasteiger partial charge in [0.25, 0.3) is 0 Å². The van der Waals surface area contributed by atoms with Gasteiger partial charge in [0.05, 0.1) is 0 Å². The predicted molar refractivity (Wildman–Crippen MR) is 148 cm³/mol. The van der Waals surface area contributed by atoms with Crippen LogP contribution in [0.4, 0.5) is 0 Å². The van der Waals surface area contributed by atoms with E-state index in [1.807, 2.05) is 0 Å². The fraction of sp³-hybridized carbons (Fsp3) is 0.294. The van der Waals surface area contributed by atoms with E-state index in [-0.39, 0.29) is 5.41 Å². The van der Waals surface area contributed by atoms with Crippen LogP contribution in [-0.2, 0) is 5.41 Å². The first-order valence-corrected chi connectivity index (χ1v) is 14.3. The van der Waals surface area contributed by atoms with Crippen molar-refractivity contribution in [3.63, 3.8) is 0 Å². The molecule has 2 bridgehead atoms. The molecular weight excluding hydrogens is 504 g/mol. The van der Waals surface area contributed by atoms with Crippen molar-refractivity contribution in [1.29, 1.82) is 0 Å². The summed E-state index contributed by atoms with van der Waals surface area (Å²) in [6.07, 6.45) is 5.97. The van der Waals surface area contributed by atoms with Crippen LogP contribution in [0.2, 0.25) is 0 Å². The number of hydrogen-bond donors (Lipinski definition) is 0. The normalized spacial score (nSPS) is 34.0. The lowest BCUT2D eigenvalue weighted by Gasteiger charge is -2.76. The van der Waals surface area contributed by atoms with Gasteiger partial charge in [-0.05, 0) is 125 Å². The van der Waals surface area contributed by atoms with Gasteiger partial charge in [-0.3, -0.25) is 0 Å². The van der Waals surface area contributed by atoms with Gasteiger partial charge in [-0.2, -0.15) is 0 Å². The number of furan rings is 1. The van der Waals surface area contributed by atoms with Crippen molar-refractivity contribution in [1.82, 2.24) is 0 Å². The van der Waals surface area contributed by atoms with E-state index in [4.69, 9.17) is 4.42 Å². The lowest BCUT2D eigenvalue weighted by Crippen LogP contribution is -2.73. The van der Waals surface area contributed by atoms with Crippen LogP contribution in [-0.4, -0.2) is 0 Å². The minimum Gasteiger partial charge on any atom is -0.456 e. The van der Waals surface area contributed by atoms with Crippen LogP contribution in [0.5, 0.6) is 0 Å². The summed E-state index contributed by atoms with van der Waals surface area (Å²) in [6, 6.07) is 29.8. The summed E-state index contributed by atoms with van der Waals surface area (Å²) < 4.78 is 7.32. The minimum absolute atomic E-state index is 0.284. The standard InChI is InChI=1S/C34H25BrO/c35-22-7-9-25-24-8-5-20(14-29(24)36-30(25)16-22)19-6-10-28-26(13-19)23-3-1-2-4-27(23)34(28)31-12-18-11-21-15-32(34)33(21,31)17-18/h1-10,13-14,16,18,21,31-32H,11-12,15,17H2. The van der Waals surface area contributed by atoms with Gasteiger partial charge in [0, 0.05) is 20.7 Å². The second-order valence-corrected chi connectivity index (χ2v) is 13.2. The number of hydrogen-bond acceptors (Lipinski definition) is 1. The molecule has 4 aromatic carbocycles. The molecule has 5 aromatic rings. The van der Waals surface area contributed by atoms with Crippen LogP contribution in [0.25, 0.3) is 44.2 Å². The third kappa shape index (κ3) is 1.90. The first-order valence-electron chi connectivity index (χ1n) is 13.5. The van der Waals surface area contributed by atoms with Gasteiger partial charge >= 0.3 is 0 Å². The lowest BCUT2D eigenvalue weighted by atomic mass is 9.27. The molecule has 5 aliphatic carbocycles. The topological polar surface area (TPSA) is 13.1 Å². The first-order chi connectivity index (χ1) is 17.7. The summed E-state index contributed by atoms with van der Waals surface area (Å²) in [5.41, 5.74) is 11.6. The molecule has 6 unspecified atom stereocenters. The summed E-state index contributed by atoms with van der Waals surface area (Å²) >= 11 is 3.58. The predicted octanol–water partition coefficient (Wildman–Crippen LogP) is 9.35. The van der Waals surface area contributed by atoms with E-state index < -0.39 is 0 Å². The molecule has 0 N–H and O–H groups in total. The SMILES string of the molecule is Brc1ccc2c(c1)oc1cc(-c3ccc4c(c3)-c3ccccc3C43C4CC5CC6CC3C64C5)ccc12. The average molecular weight is 529 g/mol. The summed E-state index contributed by atoms with van der Waals surface area (Å²) in [7, 11) is 0. The molecule has 0 radical (unpaired) electrons. The van der Waals surface area contributed by atoms with Gasteiger partial charge < -0.3 is 4.42 Å². The number of rotatable bonds is 1. The fourth-order valence-corrected chi connectivity index (χ4v) is 10.8. The van der Waals surface area contributed by atoms with E-state index in [0.717, 1.165) is 39.3 Å². The van der Waals surface area contributed by atoms with Gasteiger partial charge in [0.2, 0.25) is 0 Å². The van der Waals surface area contributed by atoms with Crippen molar-refractivity contribution < 1.29 is 4.42 Å². The highest BCUT2D eigenvalue weighted by atomic mass is 79.9. The van der Waals surface area contributed by atoms with Gasteiger partial charge in [-0.1, -0.05) is 58.4 Å². The molecular formula is C34H25BrO. The van der Waals surface area contributed by atoms with Crippen LogP contribution in [0.15, 0.2) is 87.8 Å². The Morgan fingerprint density at radius 2 is 1.44 bits per heavy atom. The Balaban J connectivity index is 1.15. The molecule has 4 saturated carbocycles. The molecule has 5 aliphatic rings. The van der Waals surface area contributed by atoms with Crippen molar-refractivity contribution in [3.8, 4) is 22.3 Å². The maximum atomic E-state index is 6.27. The quantitative estimate of drug-likeness (QED) is 0.211. The van der Waals surface area contributed by atoms with Gasteiger partial charge in [0.15, 0.2) is 0 Å². The first kappa shape index (κ1) is 19.3. The summed E-state index contributed by atoms with van der Waals surface area (Å²) in [5.74, 6) is 3.76. The van der Waals surface area contributed by atoms with Crippen molar-refractivity contribution in [3.05, 3.63) is 94.5 Å². The van der Waals surface area contributed by atoms with Crippen molar-refractivity contribution in [2.75, 3.05) is 0 Å². The van der Waals surface area contributed by atoms with Gasteiger partial charge in [-0.25, -0.2) is 0 Å². The Kier molecular flexibility index (Phi) is 3.21. The molecule has 4 fully saturated rings. The largest absolute Gasteiger partial charge is 0.456 e. The van der Waals surface area contributed by atoms with E-state index in [1.54, 1.807) is 11.1 Å². The Morgan fingerprint density at radius 3 is 2.36 bits per heavy atom. The molecule has 0 saturated heterocycles. The molecule has 0 amide bonds. The molecule has 6 atom stereocenters. The van der Waals surface area contributed by atoms with Gasteiger partial charge in [0.1, 0.15) is 11.2 Å². The Bertz CT molecular complexity index is 1810. The lowest BCUT2D eigenvalue weighted by molar-refractivity contribution is -0.231. The summed E-state index contributed by atoms with van der Waals surface area (Å²) in [4.78, 5) is 0.